The van der Waals surface area contributed by atoms with Crippen molar-refractivity contribution >= 4 is 21.6 Å². The van der Waals surface area contributed by atoms with Crippen molar-refractivity contribution in [3.05, 3.63) is 60.2 Å². The molecule has 2 aromatic carbocycles. The van der Waals surface area contributed by atoms with Crippen molar-refractivity contribution in [3.8, 4) is 0 Å². The van der Waals surface area contributed by atoms with Crippen molar-refractivity contribution in [1.29, 1.82) is 0 Å². The largest absolute Gasteiger partial charge is 0.323 e. The van der Waals surface area contributed by atoms with Crippen molar-refractivity contribution in [2.24, 2.45) is 5.73 Å². The molecule has 0 bridgehead atoms. The van der Waals surface area contributed by atoms with Gasteiger partial charge in [-0.2, -0.15) is 0 Å². The Bertz CT molecular complexity index is 652. The number of thioether (sulfide) groups is 1. The first-order valence-electron chi connectivity index (χ1n) is 6.20. The summed E-state index contributed by atoms with van der Waals surface area (Å²) in [5.41, 5.74) is 7.23. The van der Waals surface area contributed by atoms with E-state index >= 15 is 0 Å². The molecule has 2 aromatic rings. The van der Waals surface area contributed by atoms with Crippen molar-refractivity contribution < 1.29 is 8.42 Å². The van der Waals surface area contributed by atoms with Crippen LogP contribution in [0.1, 0.15) is 11.6 Å². The van der Waals surface area contributed by atoms with Gasteiger partial charge in [0.15, 0.2) is 9.84 Å². The Hall–Kier alpha value is -1.30. The molecule has 1 atom stereocenters. The Labute approximate surface area is 124 Å². The van der Waals surface area contributed by atoms with Crippen LogP contribution >= 0.6 is 11.8 Å². The monoisotopic (exact) mass is 307 g/mol. The fourth-order valence-corrected chi connectivity index (χ4v) is 3.29. The molecule has 2 rings (SSSR count). The highest BCUT2D eigenvalue weighted by atomic mass is 32.2. The van der Waals surface area contributed by atoms with E-state index in [0.29, 0.717) is 4.90 Å². The summed E-state index contributed by atoms with van der Waals surface area (Å²) >= 11 is 1.62. The van der Waals surface area contributed by atoms with Gasteiger partial charge in [0.2, 0.25) is 0 Å². The predicted molar refractivity (Wildman–Crippen MR) is 83.6 cm³/mol. The fraction of sp³-hybridized carbons (Fsp3) is 0.200. The van der Waals surface area contributed by atoms with Gasteiger partial charge in [0, 0.05) is 22.9 Å². The summed E-state index contributed by atoms with van der Waals surface area (Å²) < 4.78 is 22.7. The maximum absolute atomic E-state index is 11.4. The third-order valence-corrected chi connectivity index (χ3v) is 5.17. The topological polar surface area (TPSA) is 60.2 Å². The van der Waals surface area contributed by atoms with Gasteiger partial charge in [-0.25, -0.2) is 8.42 Å². The Kier molecular flexibility index (Phi) is 4.86. The van der Waals surface area contributed by atoms with Gasteiger partial charge >= 0.3 is 0 Å². The maximum Gasteiger partial charge on any atom is 0.175 e. The zero-order chi connectivity index (χ0) is 14.6. The summed E-state index contributed by atoms with van der Waals surface area (Å²) in [6, 6.07) is 16.8. The van der Waals surface area contributed by atoms with E-state index in [9.17, 15) is 8.42 Å². The average Bonchev–Trinajstić information content (AvgIpc) is 2.45. The molecule has 106 valence electrons. The number of nitrogens with two attached hydrogens (primary N) is 1. The molecule has 2 N–H and O–H groups in total. The molecule has 0 aliphatic heterocycles. The van der Waals surface area contributed by atoms with Crippen LogP contribution in [0.15, 0.2) is 64.4 Å². The lowest BCUT2D eigenvalue weighted by Gasteiger charge is -2.11. The minimum Gasteiger partial charge on any atom is -0.323 e. The molecule has 0 amide bonds. The van der Waals surface area contributed by atoms with Crippen LogP contribution in [0.5, 0.6) is 0 Å². The lowest BCUT2D eigenvalue weighted by molar-refractivity contribution is 0.602. The van der Waals surface area contributed by atoms with Crippen LogP contribution in [0.25, 0.3) is 0 Å². The van der Waals surface area contributed by atoms with Crippen LogP contribution in [0.2, 0.25) is 0 Å². The predicted octanol–water partition coefficient (Wildman–Crippen LogP) is 2.88. The number of hydrogen-bond acceptors (Lipinski definition) is 4. The molecule has 3 nitrogen and oxygen atoms in total. The summed E-state index contributed by atoms with van der Waals surface area (Å²) in [4.78, 5) is 1.36. The second kappa shape index (κ2) is 6.43. The van der Waals surface area contributed by atoms with Crippen LogP contribution < -0.4 is 5.73 Å². The van der Waals surface area contributed by atoms with Gasteiger partial charge in [0.25, 0.3) is 0 Å². The van der Waals surface area contributed by atoms with Gasteiger partial charge in [-0.05, 0) is 29.8 Å². The summed E-state index contributed by atoms with van der Waals surface area (Å²) in [5, 5.41) is 0. The van der Waals surface area contributed by atoms with E-state index in [2.05, 4.69) is 0 Å². The quantitative estimate of drug-likeness (QED) is 0.863. The summed E-state index contributed by atoms with van der Waals surface area (Å²) in [6.07, 6.45) is 1.21. The van der Waals surface area contributed by atoms with E-state index in [-0.39, 0.29) is 6.04 Å². The molecule has 0 aliphatic carbocycles. The summed E-state index contributed by atoms with van der Waals surface area (Å²) in [6.45, 7) is 0. The third-order valence-electron chi connectivity index (χ3n) is 2.91. The molecule has 0 fully saturated rings. The molecule has 0 aliphatic rings. The van der Waals surface area contributed by atoms with Crippen LogP contribution in [0.4, 0.5) is 0 Å². The van der Waals surface area contributed by atoms with Gasteiger partial charge in [-0.15, -0.1) is 11.8 Å². The Morgan fingerprint density at radius 2 is 1.65 bits per heavy atom. The molecule has 0 saturated carbocycles. The minimum atomic E-state index is -3.13. The molecule has 0 spiro atoms. The number of rotatable bonds is 5. The molecule has 0 radical (unpaired) electrons. The van der Waals surface area contributed by atoms with Crippen LogP contribution in [0.3, 0.4) is 0 Å². The zero-order valence-electron chi connectivity index (χ0n) is 11.2. The second-order valence-electron chi connectivity index (χ2n) is 4.57. The average molecular weight is 307 g/mol. The van der Waals surface area contributed by atoms with E-state index in [1.165, 1.54) is 6.26 Å². The number of hydrogen-bond donors (Lipinski definition) is 1. The van der Waals surface area contributed by atoms with E-state index in [1.807, 2.05) is 42.5 Å². The SMILES string of the molecule is CS(=O)(=O)c1ccc(SCC(N)c2ccccc2)cc1. The van der Waals surface area contributed by atoms with E-state index in [1.54, 1.807) is 23.9 Å². The van der Waals surface area contributed by atoms with Crippen LogP contribution in [-0.4, -0.2) is 20.4 Å². The molecular formula is C15H17NO2S2. The van der Waals surface area contributed by atoms with Gasteiger partial charge in [0.05, 0.1) is 4.90 Å². The number of benzene rings is 2. The normalized spacial score (nSPS) is 13.1. The van der Waals surface area contributed by atoms with Gasteiger partial charge in [-0.3, -0.25) is 0 Å². The molecular weight excluding hydrogens is 290 g/mol. The first kappa shape index (κ1) is 15.1. The third kappa shape index (κ3) is 4.10. The summed E-state index contributed by atoms with van der Waals surface area (Å²) in [5.74, 6) is 0.752. The molecule has 0 aromatic heterocycles. The molecule has 1 unspecified atom stereocenters. The van der Waals surface area contributed by atoms with Crippen molar-refractivity contribution in [2.45, 2.75) is 15.8 Å². The molecule has 5 heteroatoms. The van der Waals surface area contributed by atoms with Crippen molar-refractivity contribution in [3.63, 3.8) is 0 Å². The Morgan fingerprint density at radius 1 is 1.05 bits per heavy atom. The smallest absolute Gasteiger partial charge is 0.175 e. The van der Waals surface area contributed by atoms with E-state index < -0.39 is 9.84 Å². The standard InChI is InChI=1S/C15H17NO2S2/c1-20(17,18)14-9-7-13(8-10-14)19-11-15(16)12-5-3-2-4-6-12/h2-10,15H,11,16H2,1H3. The molecule has 20 heavy (non-hydrogen) atoms. The minimum absolute atomic E-state index is 0.0317. The van der Waals surface area contributed by atoms with Gasteiger partial charge < -0.3 is 5.73 Å². The van der Waals surface area contributed by atoms with Gasteiger partial charge in [-0.1, -0.05) is 30.3 Å². The maximum atomic E-state index is 11.4. The highest BCUT2D eigenvalue weighted by molar-refractivity contribution is 7.99. The van der Waals surface area contributed by atoms with Crippen molar-refractivity contribution in [1.82, 2.24) is 0 Å². The second-order valence-corrected chi connectivity index (χ2v) is 7.68. The summed E-state index contributed by atoms with van der Waals surface area (Å²) in [7, 11) is -3.13. The first-order valence-corrected chi connectivity index (χ1v) is 9.08. The number of sulfone groups is 1. The fourth-order valence-electron chi connectivity index (χ4n) is 1.77. The Balaban J connectivity index is 1.98. The van der Waals surface area contributed by atoms with Crippen molar-refractivity contribution in [2.75, 3.05) is 12.0 Å². The highest BCUT2D eigenvalue weighted by Crippen LogP contribution is 2.24. The van der Waals surface area contributed by atoms with E-state index in [0.717, 1.165) is 16.2 Å². The molecule has 0 saturated heterocycles. The Morgan fingerprint density at radius 3 is 2.20 bits per heavy atom. The lowest BCUT2D eigenvalue weighted by Crippen LogP contribution is -2.12. The lowest BCUT2D eigenvalue weighted by atomic mass is 10.1. The first-order chi connectivity index (χ1) is 9.47. The van der Waals surface area contributed by atoms with Crippen LogP contribution in [-0.2, 0) is 9.84 Å². The van der Waals surface area contributed by atoms with Crippen LogP contribution in [0, 0.1) is 0 Å². The van der Waals surface area contributed by atoms with E-state index in [4.69, 9.17) is 5.73 Å². The highest BCUT2D eigenvalue weighted by Gasteiger charge is 2.08. The molecule has 0 heterocycles. The van der Waals surface area contributed by atoms with Gasteiger partial charge in [0.1, 0.15) is 0 Å². The zero-order valence-corrected chi connectivity index (χ0v) is 12.8.